The second kappa shape index (κ2) is 8.84. The molecular weight excluding hydrogens is 482 g/mol. The molecule has 0 aliphatic heterocycles. The summed E-state index contributed by atoms with van der Waals surface area (Å²) in [6.07, 6.45) is 0. The first-order valence-corrected chi connectivity index (χ1v) is 11.8. The van der Waals surface area contributed by atoms with E-state index in [1.165, 1.54) is 30.3 Å². The minimum absolute atomic E-state index is 0.0464. The van der Waals surface area contributed by atoms with Crippen molar-refractivity contribution in [1.29, 1.82) is 0 Å². The van der Waals surface area contributed by atoms with Crippen molar-refractivity contribution in [3.63, 3.8) is 0 Å². The summed E-state index contributed by atoms with van der Waals surface area (Å²) in [6, 6.07) is 13.2. The van der Waals surface area contributed by atoms with Gasteiger partial charge in [0.1, 0.15) is 17.0 Å². The molecule has 34 heavy (non-hydrogen) atoms. The molecule has 0 bridgehead atoms. The summed E-state index contributed by atoms with van der Waals surface area (Å²) in [6.45, 7) is 3.68. The number of carbonyl (C=O) groups excluding carboxylic acids is 1. The Bertz CT molecular complexity index is 1550. The maximum Gasteiger partial charge on any atom is 0.283 e. The van der Waals surface area contributed by atoms with Crippen LogP contribution in [0.2, 0.25) is 5.02 Å². The van der Waals surface area contributed by atoms with Crippen LogP contribution in [-0.2, 0) is 16.6 Å². The Morgan fingerprint density at radius 1 is 1.12 bits per heavy atom. The molecule has 0 unspecified atom stereocenters. The van der Waals surface area contributed by atoms with Crippen molar-refractivity contribution in [1.82, 2.24) is 19.3 Å². The van der Waals surface area contributed by atoms with Gasteiger partial charge >= 0.3 is 0 Å². The molecule has 0 aliphatic rings. The van der Waals surface area contributed by atoms with Gasteiger partial charge in [-0.25, -0.2) is 23.1 Å². The number of rotatable bonds is 6. The Morgan fingerprint density at radius 2 is 1.82 bits per heavy atom. The molecule has 10 nitrogen and oxygen atoms in total. The zero-order chi connectivity index (χ0) is 24.6. The topological polar surface area (TPSA) is 137 Å². The van der Waals surface area contributed by atoms with E-state index < -0.39 is 20.9 Å². The highest BCUT2D eigenvalue weighted by molar-refractivity contribution is 7.90. The second-order valence-electron chi connectivity index (χ2n) is 7.52. The maximum absolute atomic E-state index is 12.8. The predicted octanol–water partition coefficient (Wildman–Crippen LogP) is 3.78. The van der Waals surface area contributed by atoms with Crippen LogP contribution in [0.15, 0.2) is 59.5 Å². The number of imidazole rings is 1. The van der Waals surface area contributed by atoms with Crippen molar-refractivity contribution < 1.29 is 18.1 Å². The quantitative estimate of drug-likeness (QED) is 0.315. The van der Waals surface area contributed by atoms with E-state index in [0.29, 0.717) is 28.1 Å². The van der Waals surface area contributed by atoms with Crippen molar-refractivity contribution in [2.24, 2.45) is 0 Å². The molecule has 12 heteroatoms. The van der Waals surface area contributed by atoms with Gasteiger partial charge in [-0.05, 0) is 49.2 Å². The number of benzene rings is 2. The van der Waals surface area contributed by atoms with Crippen molar-refractivity contribution >= 4 is 44.4 Å². The molecule has 174 valence electrons. The molecule has 1 N–H and O–H groups in total. The number of amides is 1. The van der Waals surface area contributed by atoms with Crippen LogP contribution in [0.3, 0.4) is 0 Å². The second-order valence-corrected chi connectivity index (χ2v) is 9.61. The highest BCUT2D eigenvalue weighted by atomic mass is 35.5. The van der Waals surface area contributed by atoms with Crippen molar-refractivity contribution in [2.45, 2.75) is 25.3 Å². The zero-order valence-corrected chi connectivity index (χ0v) is 19.6. The van der Waals surface area contributed by atoms with E-state index in [-0.39, 0.29) is 27.8 Å². The third-order valence-electron chi connectivity index (χ3n) is 5.17. The Morgan fingerprint density at radius 3 is 2.47 bits per heavy atom. The van der Waals surface area contributed by atoms with Gasteiger partial charge < -0.3 is 4.57 Å². The van der Waals surface area contributed by atoms with Gasteiger partial charge in [-0.15, -0.1) is 0 Å². The number of nitrogens with zero attached hydrogens (tertiary/aromatic N) is 4. The van der Waals surface area contributed by atoms with Crippen LogP contribution in [-0.4, -0.2) is 33.8 Å². The van der Waals surface area contributed by atoms with Crippen LogP contribution in [0, 0.1) is 24.0 Å². The van der Waals surface area contributed by atoms with Crippen LogP contribution < -0.4 is 4.72 Å². The standard InChI is InChI=1S/C22H18ClN5O5S/c1-13-10-19(22(29)26-34(32,33)17-6-4-3-5-7-17)25-21-20(13)24-14(2)27(21)12-15-8-9-16(28(30)31)11-18(15)23/h3-11H,12H2,1-2H3,(H,26,29). The Balaban J connectivity index is 1.71. The highest BCUT2D eigenvalue weighted by Crippen LogP contribution is 2.26. The lowest BCUT2D eigenvalue weighted by molar-refractivity contribution is -0.384. The number of pyridine rings is 1. The number of nitrogens with one attached hydrogen (secondary N) is 1. The fourth-order valence-electron chi connectivity index (χ4n) is 3.44. The molecule has 4 rings (SSSR count). The van der Waals surface area contributed by atoms with Gasteiger partial charge in [0.05, 0.1) is 21.4 Å². The molecule has 0 atom stereocenters. The molecule has 0 saturated carbocycles. The molecule has 2 heterocycles. The number of sulfonamides is 1. The minimum atomic E-state index is -4.08. The predicted molar refractivity (Wildman–Crippen MR) is 125 cm³/mol. The van der Waals surface area contributed by atoms with Gasteiger partial charge in [0, 0.05) is 12.1 Å². The summed E-state index contributed by atoms with van der Waals surface area (Å²) in [5.74, 6) is -0.304. The molecule has 2 aromatic carbocycles. The van der Waals surface area contributed by atoms with Crippen LogP contribution in [0.1, 0.15) is 27.4 Å². The number of nitro groups is 1. The van der Waals surface area contributed by atoms with Gasteiger partial charge in [0.2, 0.25) is 0 Å². The smallest absolute Gasteiger partial charge is 0.283 e. The van der Waals surface area contributed by atoms with Crippen molar-refractivity contribution in [3.05, 3.63) is 92.4 Å². The Labute approximate surface area is 199 Å². The summed E-state index contributed by atoms with van der Waals surface area (Å²) in [5, 5.41) is 11.2. The molecule has 0 aliphatic carbocycles. The number of non-ortho nitro benzene ring substituents is 1. The summed E-state index contributed by atoms with van der Waals surface area (Å²) in [5.41, 5.74) is 1.89. The molecule has 0 spiro atoms. The largest absolute Gasteiger partial charge is 0.308 e. The number of fused-ring (bicyclic) bond motifs is 1. The SMILES string of the molecule is Cc1cc(C(=O)NS(=O)(=O)c2ccccc2)nc2c1nc(C)n2Cc1ccc([N+](=O)[O-])cc1Cl. The summed E-state index contributed by atoms with van der Waals surface area (Å²) in [7, 11) is -4.08. The lowest BCUT2D eigenvalue weighted by Crippen LogP contribution is -2.31. The minimum Gasteiger partial charge on any atom is -0.308 e. The van der Waals surface area contributed by atoms with Gasteiger partial charge in [-0.3, -0.25) is 14.9 Å². The molecule has 1 amide bonds. The Hall–Kier alpha value is -3.83. The normalized spacial score (nSPS) is 11.5. The first-order valence-electron chi connectivity index (χ1n) is 9.96. The number of aromatic nitrogens is 3. The van der Waals surface area contributed by atoms with Crippen LogP contribution in [0.25, 0.3) is 11.2 Å². The van der Waals surface area contributed by atoms with E-state index >= 15 is 0 Å². The summed E-state index contributed by atoms with van der Waals surface area (Å²) in [4.78, 5) is 32.1. The van der Waals surface area contributed by atoms with E-state index in [2.05, 4.69) is 9.97 Å². The molecule has 0 fully saturated rings. The van der Waals surface area contributed by atoms with E-state index in [9.17, 15) is 23.3 Å². The zero-order valence-electron chi connectivity index (χ0n) is 18.0. The maximum atomic E-state index is 12.8. The number of hydrogen-bond acceptors (Lipinski definition) is 7. The van der Waals surface area contributed by atoms with Crippen LogP contribution >= 0.6 is 11.6 Å². The lowest BCUT2D eigenvalue weighted by Gasteiger charge is -2.10. The van der Waals surface area contributed by atoms with E-state index in [1.807, 2.05) is 4.72 Å². The number of nitro benzene ring substituents is 1. The molecule has 2 aromatic heterocycles. The lowest BCUT2D eigenvalue weighted by atomic mass is 10.2. The van der Waals surface area contributed by atoms with Gasteiger partial charge in [0.15, 0.2) is 5.65 Å². The number of carbonyl (C=O) groups is 1. The number of hydrogen-bond donors (Lipinski definition) is 1. The van der Waals surface area contributed by atoms with Gasteiger partial charge in [-0.1, -0.05) is 29.8 Å². The average molecular weight is 500 g/mol. The van der Waals surface area contributed by atoms with Gasteiger partial charge in [-0.2, -0.15) is 0 Å². The Kier molecular flexibility index (Phi) is 6.07. The fraction of sp³-hybridized carbons (Fsp3) is 0.136. The summed E-state index contributed by atoms with van der Waals surface area (Å²) < 4.78 is 28.8. The summed E-state index contributed by atoms with van der Waals surface area (Å²) >= 11 is 6.25. The number of aryl methyl sites for hydroxylation is 2. The molecule has 0 saturated heterocycles. The first kappa shape index (κ1) is 23.3. The molecule has 4 aromatic rings. The highest BCUT2D eigenvalue weighted by Gasteiger charge is 2.22. The number of halogens is 1. The molecular formula is C22H18ClN5O5S. The van der Waals surface area contributed by atoms with Crippen molar-refractivity contribution in [2.75, 3.05) is 0 Å². The van der Waals surface area contributed by atoms with Crippen molar-refractivity contribution in [3.8, 4) is 0 Å². The van der Waals surface area contributed by atoms with Gasteiger partial charge in [0.25, 0.3) is 21.6 Å². The fourth-order valence-corrected chi connectivity index (χ4v) is 4.65. The van der Waals surface area contributed by atoms with E-state index in [4.69, 9.17) is 11.6 Å². The third kappa shape index (κ3) is 4.47. The monoisotopic (exact) mass is 499 g/mol. The van der Waals surface area contributed by atoms with Crippen LogP contribution in [0.5, 0.6) is 0 Å². The first-order chi connectivity index (χ1) is 16.1. The average Bonchev–Trinajstić information content (AvgIpc) is 3.11. The third-order valence-corrected chi connectivity index (χ3v) is 6.87. The molecule has 0 radical (unpaired) electrons. The van der Waals surface area contributed by atoms with E-state index in [1.54, 1.807) is 42.7 Å². The van der Waals surface area contributed by atoms with Crippen LogP contribution in [0.4, 0.5) is 5.69 Å². The van der Waals surface area contributed by atoms with E-state index in [0.717, 1.165) is 0 Å².